The minimum absolute atomic E-state index is 0.0723. The fourth-order valence-corrected chi connectivity index (χ4v) is 1.88. The fraction of sp³-hybridized carbons (Fsp3) is 0.200. The Bertz CT molecular complexity index is 555. The van der Waals surface area contributed by atoms with Gasteiger partial charge in [-0.2, -0.15) is 0 Å². The normalized spacial score (nSPS) is 12.1. The smallest absolute Gasteiger partial charge is 0.336 e. The number of carboxylic acids is 1. The molecular formula is C15H16N2O2. The van der Waals surface area contributed by atoms with Gasteiger partial charge in [0.1, 0.15) is 0 Å². The molecule has 0 saturated carbocycles. The van der Waals surface area contributed by atoms with Crippen LogP contribution in [0.25, 0.3) is 0 Å². The maximum Gasteiger partial charge on any atom is 0.336 e. The zero-order valence-electron chi connectivity index (χ0n) is 10.7. The number of carboxylic acid groups (broad SMARTS) is 1. The van der Waals surface area contributed by atoms with E-state index in [1.165, 1.54) is 0 Å². The highest BCUT2D eigenvalue weighted by atomic mass is 16.4. The van der Waals surface area contributed by atoms with Crippen LogP contribution in [0.15, 0.2) is 48.7 Å². The second-order valence-corrected chi connectivity index (χ2v) is 4.32. The highest BCUT2D eigenvalue weighted by Crippen LogP contribution is 2.12. The molecule has 19 heavy (non-hydrogen) atoms. The van der Waals surface area contributed by atoms with E-state index in [1.807, 2.05) is 37.3 Å². The van der Waals surface area contributed by atoms with Crippen molar-refractivity contribution < 1.29 is 9.90 Å². The molecule has 0 bridgehead atoms. The summed E-state index contributed by atoms with van der Waals surface area (Å²) in [4.78, 5) is 15.4. The zero-order valence-corrected chi connectivity index (χ0v) is 10.7. The molecule has 0 radical (unpaired) electrons. The van der Waals surface area contributed by atoms with Crippen LogP contribution < -0.4 is 5.32 Å². The average molecular weight is 256 g/mol. The molecule has 0 fully saturated rings. The van der Waals surface area contributed by atoms with Gasteiger partial charge in [-0.1, -0.05) is 24.3 Å². The van der Waals surface area contributed by atoms with Crippen molar-refractivity contribution in [2.75, 3.05) is 0 Å². The summed E-state index contributed by atoms with van der Waals surface area (Å²) in [5, 5.41) is 12.4. The number of benzene rings is 1. The van der Waals surface area contributed by atoms with E-state index in [9.17, 15) is 4.79 Å². The SMILES string of the molecule is C[C@H](NCc1ccccc1C(=O)O)c1ccccn1. The lowest BCUT2D eigenvalue weighted by Gasteiger charge is -2.14. The fourth-order valence-electron chi connectivity index (χ4n) is 1.88. The first-order chi connectivity index (χ1) is 9.18. The maximum atomic E-state index is 11.1. The minimum Gasteiger partial charge on any atom is -0.478 e. The van der Waals surface area contributed by atoms with Crippen molar-refractivity contribution in [3.05, 3.63) is 65.5 Å². The third-order valence-electron chi connectivity index (χ3n) is 2.98. The first-order valence-electron chi connectivity index (χ1n) is 6.14. The molecule has 0 aliphatic rings. The molecule has 4 heteroatoms. The molecule has 1 aromatic heterocycles. The van der Waals surface area contributed by atoms with E-state index in [4.69, 9.17) is 5.11 Å². The number of hydrogen-bond acceptors (Lipinski definition) is 3. The predicted molar refractivity (Wildman–Crippen MR) is 72.9 cm³/mol. The number of nitrogens with one attached hydrogen (secondary N) is 1. The monoisotopic (exact) mass is 256 g/mol. The summed E-state index contributed by atoms with van der Waals surface area (Å²) in [6.45, 7) is 2.51. The standard InChI is InChI=1S/C15H16N2O2/c1-11(14-8-4-5-9-16-14)17-10-12-6-2-3-7-13(12)15(18)19/h2-9,11,17H,10H2,1H3,(H,18,19)/t11-/m0/s1. The van der Waals surface area contributed by atoms with Gasteiger partial charge in [0.05, 0.1) is 11.3 Å². The lowest BCUT2D eigenvalue weighted by atomic mass is 10.1. The summed E-state index contributed by atoms with van der Waals surface area (Å²) in [5.41, 5.74) is 2.05. The minimum atomic E-state index is -0.900. The second-order valence-electron chi connectivity index (χ2n) is 4.32. The molecule has 1 heterocycles. The van der Waals surface area contributed by atoms with Crippen LogP contribution in [0.2, 0.25) is 0 Å². The quantitative estimate of drug-likeness (QED) is 0.863. The Morgan fingerprint density at radius 1 is 1.26 bits per heavy atom. The zero-order chi connectivity index (χ0) is 13.7. The van der Waals surface area contributed by atoms with E-state index < -0.39 is 5.97 Å². The Morgan fingerprint density at radius 3 is 2.68 bits per heavy atom. The lowest BCUT2D eigenvalue weighted by molar-refractivity contribution is 0.0695. The van der Waals surface area contributed by atoms with Crippen LogP contribution >= 0.6 is 0 Å². The molecule has 0 spiro atoms. The molecule has 2 N–H and O–H groups in total. The summed E-state index contributed by atoms with van der Waals surface area (Å²) < 4.78 is 0. The van der Waals surface area contributed by atoms with Gasteiger partial charge in [-0.15, -0.1) is 0 Å². The molecule has 1 aromatic carbocycles. The number of carbonyl (C=O) groups is 1. The van der Waals surface area contributed by atoms with E-state index in [1.54, 1.807) is 18.3 Å². The van der Waals surface area contributed by atoms with Gasteiger partial charge in [-0.25, -0.2) is 4.79 Å². The predicted octanol–water partition coefficient (Wildman–Crippen LogP) is 2.63. The highest BCUT2D eigenvalue weighted by Gasteiger charge is 2.10. The maximum absolute atomic E-state index is 11.1. The van der Waals surface area contributed by atoms with E-state index in [0.29, 0.717) is 12.1 Å². The largest absolute Gasteiger partial charge is 0.478 e. The molecule has 98 valence electrons. The van der Waals surface area contributed by atoms with Crippen molar-refractivity contribution in [1.82, 2.24) is 10.3 Å². The van der Waals surface area contributed by atoms with Gasteiger partial charge in [0.15, 0.2) is 0 Å². The first-order valence-corrected chi connectivity index (χ1v) is 6.14. The number of hydrogen-bond donors (Lipinski definition) is 2. The molecule has 0 aliphatic carbocycles. The number of aromatic nitrogens is 1. The average Bonchev–Trinajstić information content (AvgIpc) is 2.46. The third kappa shape index (κ3) is 3.39. The van der Waals surface area contributed by atoms with Crippen LogP contribution in [-0.4, -0.2) is 16.1 Å². The van der Waals surface area contributed by atoms with E-state index in [0.717, 1.165) is 11.3 Å². The topological polar surface area (TPSA) is 62.2 Å². The first kappa shape index (κ1) is 13.2. The number of rotatable bonds is 5. The molecule has 1 atom stereocenters. The molecule has 2 rings (SSSR count). The van der Waals surface area contributed by atoms with Gasteiger partial charge < -0.3 is 10.4 Å². The van der Waals surface area contributed by atoms with Crippen LogP contribution in [0.4, 0.5) is 0 Å². The molecule has 0 saturated heterocycles. The van der Waals surface area contributed by atoms with Gasteiger partial charge in [0.2, 0.25) is 0 Å². The number of pyridine rings is 1. The van der Waals surface area contributed by atoms with Gasteiger partial charge in [0.25, 0.3) is 0 Å². The van der Waals surface area contributed by atoms with E-state index in [2.05, 4.69) is 10.3 Å². The Labute approximate surface area is 112 Å². The summed E-state index contributed by atoms with van der Waals surface area (Å²) >= 11 is 0. The Balaban J connectivity index is 2.05. The van der Waals surface area contributed by atoms with E-state index in [-0.39, 0.29) is 6.04 Å². The molecule has 0 aliphatic heterocycles. The van der Waals surface area contributed by atoms with Gasteiger partial charge in [-0.3, -0.25) is 4.98 Å². The number of nitrogens with zero attached hydrogens (tertiary/aromatic N) is 1. The molecule has 2 aromatic rings. The summed E-state index contributed by atoms with van der Waals surface area (Å²) in [7, 11) is 0. The van der Waals surface area contributed by atoms with Gasteiger partial charge >= 0.3 is 5.97 Å². The highest BCUT2D eigenvalue weighted by molar-refractivity contribution is 5.89. The Hall–Kier alpha value is -2.20. The van der Waals surface area contributed by atoms with Crippen molar-refractivity contribution in [2.45, 2.75) is 19.5 Å². The van der Waals surface area contributed by atoms with Gasteiger partial charge in [-0.05, 0) is 30.7 Å². The summed E-state index contributed by atoms with van der Waals surface area (Å²) in [5.74, 6) is -0.900. The molecule has 4 nitrogen and oxygen atoms in total. The van der Waals surface area contributed by atoms with Crippen molar-refractivity contribution in [3.8, 4) is 0 Å². The van der Waals surface area contributed by atoms with Crippen LogP contribution in [-0.2, 0) is 6.54 Å². The van der Waals surface area contributed by atoms with E-state index >= 15 is 0 Å². The van der Waals surface area contributed by atoms with Crippen molar-refractivity contribution in [1.29, 1.82) is 0 Å². The Morgan fingerprint density at radius 2 is 2.00 bits per heavy atom. The number of aromatic carboxylic acids is 1. The molecule has 0 amide bonds. The molecular weight excluding hydrogens is 240 g/mol. The summed E-state index contributed by atoms with van der Waals surface area (Å²) in [6, 6.07) is 12.8. The second kappa shape index (κ2) is 6.11. The lowest BCUT2D eigenvalue weighted by Crippen LogP contribution is -2.20. The van der Waals surface area contributed by atoms with Crippen molar-refractivity contribution >= 4 is 5.97 Å². The Kier molecular flexibility index (Phi) is 4.26. The van der Waals surface area contributed by atoms with Crippen LogP contribution in [0.1, 0.15) is 34.6 Å². The van der Waals surface area contributed by atoms with Crippen molar-refractivity contribution in [2.24, 2.45) is 0 Å². The van der Waals surface area contributed by atoms with Gasteiger partial charge in [0, 0.05) is 18.8 Å². The van der Waals surface area contributed by atoms with Crippen LogP contribution in [0.5, 0.6) is 0 Å². The molecule has 0 unspecified atom stereocenters. The van der Waals surface area contributed by atoms with Crippen LogP contribution in [0.3, 0.4) is 0 Å². The van der Waals surface area contributed by atoms with Crippen LogP contribution in [0, 0.1) is 0 Å². The third-order valence-corrected chi connectivity index (χ3v) is 2.98. The summed E-state index contributed by atoms with van der Waals surface area (Å²) in [6.07, 6.45) is 1.75. The van der Waals surface area contributed by atoms with Crippen molar-refractivity contribution in [3.63, 3.8) is 0 Å².